The van der Waals surface area contributed by atoms with Crippen molar-refractivity contribution >= 4 is 40.8 Å². The summed E-state index contributed by atoms with van der Waals surface area (Å²) in [5, 5.41) is 0.745. The standard InChI is InChI=1S/C18H16Cl2N2O2/c1-18(11-12-6-4-3-5-7-12)16(23)22(17(24)21(18)2)15-9-13(19)8-14(20)10-15/h3-10H,11H2,1-2H3/t18-/m1/s1. The van der Waals surface area contributed by atoms with E-state index >= 15 is 0 Å². The van der Waals surface area contributed by atoms with Gasteiger partial charge in [0.25, 0.3) is 5.91 Å². The van der Waals surface area contributed by atoms with Crippen molar-refractivity contribution in [3.63, 3.8) is 0 Å². The number of carbonyl (C=O) groups is 2. The van der Waals surface area contributed by atoms with Crippen LogP contribution < -0.4 is 4.90 Å². The molecule has 1 aliphatic rings. The number of imide groups is 1. The van der Waals surface area contributed by atoms with E-state index in [4.69, 9.17) is 23.2 Å². The quantitative estimate of drug-likeness (QED) is 0.759. The third kappa shape index (κ3) is 2.76. The lowest BCUT2D eigenvalue weighted by molar-refractivity contribution is -0.123. The minimum Gasteiger partial charge on any atom is -0.312 e. The van der Waals surface area contributed by atoms with Crippen LogP contribution in [0, 0.1) is 0 Å². The lowest BCUT2D eigenvalue weighted by Crippen LogP contribution is -2.47. The van der Waals surface area contributed by atoms with Crippen molar-refractivity contribution < 1.29 is 9.59 Å². The molecule has 2 aromatic rings. The average molecular weight is 363 g/mol. The molecule has 1 aliphatic heterocycles. The zero-order valence-corrected chi connectivity index (χ0v) is 14.8. The van der Waals surface area contributed by atoms with E-state index in [2.05, 4.69) is 0 Å². The Balaban J connectivity index is 2.00. The number of benzene rings is 2. The highest BCUT2D eigenvalue weighted by molar-refractivity contribution is 6.35. The smallest absolute Gasteiger partial charge is 0.312 e. The molecule has 1 heterocycles. The summed E-state index contributed by atoms with van der Waals surface area (Å²) in [7, 11) is 1.63. The number of amides is 3. The predicted octanol–water partition coefficient (Wildman–Crippen LogP) is 4.39. The van der Waals surface area contributed by atoms with Gasteiger partial charge in [-0.25, -0.2) is 9.69 Å². The van der Waals surface area contributed by atoms with Crippen LogP contribution in [0.1, 0.15) is 12.5 Å². The highest BCUT2D eigenvalue weighted by Gasteiger charge is 2.53. The van der Waals surface area contributed by atoms with Gasteiger partial charge >= 0.3 is 6.03 Å². The number of anilines is 1. The van der Waals surface area contributed by atoms with Crippen molar-refractivity contribution in [3.05, 3.63) is 64.1 Å². The lowest BCUT2D eigenvalue weighted by atomic mass is 9.91. The molecule has 0 N–H and O–H groups in total. The first-order valence-electron chi connectivity index (χ1n) is 7.45. The number of hydrogen-bond acceptors (Lipinski definition) is 2. The van der Waals surface area contributed by atoms with Gasteiger partial charge in [-0.1, -0.05) is 53.5 Å². The van der Waals surface area contributed by atoms with Gasteiger partial charge in [-0.15, -0.1) is 0 Å². The van der Waals surface area contributed by atoms with Gasteiger partial charge < -0.3 is 4.90 Å². The second-order valence-electron chi connectivity index (χ2n) is 6.05. The molecule has 24 heavy (non-hydrogen) atoms. The van der Waals surface area contributed by atoms with E-state index in [1.165, 1.54) is 4.90 Å². The zero-order valence-electron chi connectivity index (χ0n) is 13.3. The minimum atomic E-state index is -0.965. The molecule has 0 radical (unpaired) electrons. The molecule has 0 bridgehead atoms. The Morgan fingerprint density at radius 2 is 1.58 bits per heavy atom. The minimum absolute atomic E-state index is 0.294. The summed E-state index contributed by atoms with van der Waals surface area (Å²) < 4.78 is 0. The Bertz CT molecular complexity index is 790. The average Bonchev–Trinajstić information content (AvgIpc) is 2.69. The first-order chi connectivity index (χ1) is 11.3. The molecule has 1 fully saturated rings. The maximum Gasteiger partial charge on any atom is 0.332 e. The van der Waals surface area contributed by atoms with Crippen molar-refractivity contribution in [2.24, 2.45) is 0 Å². The highest BCUT2D eigenvalue weighted by Crippen LogP contribution is 2.35. The second-order valence-corrected chi connectivity index (χ2v) is 6.92. The van der Waals surface area contributed by atoms with Crippen molar-refractivity contribution in [2.75, 3.05) is 11.9 Å². The Morgan fingerprint density at radius 3 is 2.17 bits per heavy atom. The van der Waals surface area contributed by atoms with E-state index in [0.717, 1.165) is 10.5 Å². The fraction of sp³-hybridized carbons (Fsp3) is 0.222. The molecule has 0 unspecified atom stereocenters. The Morgan fingerprint density at radius 1 is 1.00 bits per heavy atom. The number of carbonyl (C=O) groups excluding carboxylic acids is 2. The zero-order chi connectivity index (χ0) is 17.5. The van der Waals surface area contributed by atoms with Gasteiger partial charge in [0.15, 0.2) is 0 Å². The van der Waals surface area contributed by atoms with Crippen LogP contribution in [-0.2, 0) is 11.2 Å². The largest absolute Gasteiger partial charge is 0.332 e. The number of urea groups is 1. The summed E-state index contributed by atoms with van der Waals surface area (Å²) in [5.74, 6) is -0.294. The second kappa shape index (κ2) is 6.11. The van der Waals surface area contributed by atoms with Crippen molar-refractivity contribution in [3.8, 4) is 0 Å². The molecule has 124 valence electrons. The Kier molecular flexibility index (Phi) is 4.28. The van der Waals surface area contributed by atoms with Crippen LogP contribution in [0.25, 0.3) is 0 Å². The van der Waals surface area contributed by atoms with E-state index in [1.807, 2.05) is 30.3 Å². The molecular formula is C18H16Cl2N2O2. The first kappa shape index (κ1) is 16.8. The molecule has 0 saturated carbocycles. The van der Waals surface area contributed by atoms with Crippen LogP contribution in [0.5, 0.6) is 0 Å². The maximum absolute atomic E-state index is 13.1. The van der Waals surface area contributed by atoms with Gasteiger partial charge in [0.05, 0.1) is 5.69 Å². The Hall–Kier alpha value is -2.04. The van der Waals surface area contributed by atoms with Gasteiger partial charge in [-0.05, 0) is 30.7 Å². The normalized spacial score (nSPS) is 20.8. The molecule has 6 heteroatoms. The van der Waals surface area contributed by atoms with Gasteiger partial charge in [0.1, 0.15) is 5.54 Å². The van der Waals surface area contributed by atoms with Gasteiger partial charge in [-0.2, -0.15) is 0 Å². The number of rotatable bonds is 3. The van der Waals surface area contributed by atoms with Crippen molar-refractivity contribution in [1.82, 2.24) is 4.90 Å². The topological polar surface area (TPSA) is 40.6 Å². The summed E-state index contributed by atoms with van der Waals surface area (Å²) in [5.41, 5.74) is 0.401. The van der Waals surface area contributed by atoms with E-state index in [1.54, 1.807) is 32.2 Å². The monoisotopic (exact) mass is 362 g/mol. The molecule has 2 aromatic carbocycles. The van der Waals surface area contributed by atoms with Crippen LogP contribution in [-0.4, -0.2) is 29.4 Å². The molecule has 3 amide bonds. The summed E-state index contributed by atoms with van der Waals surface area (Å²) >= 11 is 12.0. The molecule has 4 nitrogen and oxygen atoms in total. The van der Waals surface area contributed by atoms with Crippen LogP contribution in [0.4, 0.5) is 10.5 Å². The van der Waals surface area contributed by atoms with Crippen LogP contribution >= 0.6 is 23.2 Å². The van der Waals surface area contributed by atoms with Gasteiger partial charge in [0, 0.05) is 23.5 Å². The van der Waals surface area contributed by atoms with E-state index in [-0.39, 0.29) is 5.91 Å². The summed E-state index contributed by atoms with van der Waals surface area (Å²) in [6, 6.07) is 13.9. The molecule has 1 atom stereocenters. The van der Waals surface area contributed by atoms with Crippen LogP contribution in [0.15, 0.2) is 48.5 Å². The third-order valence-corrected chi connectivity index (χ3v) is 4.82. The van der Waals surface area contributed by atoms with Crippen LogP contribution in [0.3, 0.4) is 0 Å². The molecule has 0 spiro atoms. The molecular weight excluding hydrogens is 347 g/mol. The molecule has 0 aromatic heterocycles. The van der Waals surface area contributed by atoms with Gasteiger partial charge in [0.2, 0.25) is 0 Å². The Labute approximate surface area is 150 Å². The van der Waals surface area contributed by atoms with E-state index in [9.17, 15) is 9.59 Å². The number of nitrogens with zero attached hydrogens (tertiary/aromatic N) is 2. The van der Waals surface area contributed by atoms with E-state index < -0.39 is 11.6 Å². The summed E-state index contributed by atoms with van der Waals surface area (Å²) in [4.78, 5) is 28.4. The number of halogens is 2. The lowest BCUT2D eigenvalue weighted by Gasteiger charge is -2.28. The van der Waals surface area contributed by atoms with Gasteiger partial charge in [-0.3, -0.25) is 4.79 Å². The summed E-state index contributed by atoms with van der Waals surface area (Å²) in [6.45, 7) is 1.77. The third-order valence-electron chi connectivity index (χ3n) is 4.38. The van der Waals surface area contributed by atoms with Crippen LogP contribution in [0.2, 0.25) is 10.0 Å². The maximum atomic E-state index is 13.1. The van der Waals surface area contributed by atoms with E-state index in [0.29, 0.717) is 22.2 Å². The highest BCUT2D eigenvalue weighted by atomic mass is 35.5. The fourth-order valence-electron chi connectivity index (χ4n) is 2.92. The SMILES string of the molecule is CN1C(=O)N(c2cc(Cl)cc(Cl)c2)C(=O)[C@@]1(C)Cc1ccccc1. The number of likely N-dealkylation sites (N-methyl/N-ethyl adjacent to an activating group) is 1. The summed E-state index contributed by atoms with van der Waals surface area (Å²) in [6.07, 6.45) is 0.430. The molecule has 0 aliphatic carbocycles. The number of hydrogen-bond donors (Lipinski definition) is 0. The molecule has 3 rings (SSSR count). The van der Waals surface area contributed by atoms with Crippen molar-refractivity contribution in [2.45, 2.75) is 18.9 Å². The predicted molar refractivity (Wildman–Crippen MR) is 95.7 cm³/mol. The van der Waals surface area contributed by atoms with Crippen molar-refractivity contribution in [1.29, 1.82) is 0 Å². The molecule has 1 saturated heterocycles. The fourth-order valence-corrected chi connectivity index (χ4v) is 3.43. The first-order valence-corrected chi connectivity index (χ1v) is 8.21.